The van der Waals surface area contributed by atoms with E-state index in [0.717, 1.165) is 94.2 Å². The fourth-order valence-corrected chi connectivity index (χ4v) is 9.40. The topological polar surface area (TPSA) is 0 Å². The van der Waals surface area contributed by atoms with Gasteiger partial charge in [0.05, 0.1) is 22.3 Å². The van der Waals surface area contributed by atoms with Crippen LogP contribution in [0.15, 0.2) is 97.1 Å². The summed E-state index contributed by atoms with van der Waals surface area (Å²) in [5, 5.41) is 3.05. The van der Waals surface area contributed by atoms with Gasteiger partial charge in [0.25, 0.3) is 0 Å². The zero-order valence-electron chi connectivity index (χ0n) is 36.2. The zero-order chi connectivity index (χ0) is 48.5. The molecule has 66 heavy (non-hydrogen) atoms. The van der Waals surface area contributed by atoms with Crippen molar-refractivity contribution in [2.75, 3.05) is 0 Å². The van der Waals surface area contributed by atoms with E-state index in [1.165, 1.54) is 38.1 Å². The van der Waals surface area contributed by atoms with Crippen LogP contribution in [-0.2, 0) is 58.4 Å². The van der Waals surface area contributed by atoms with Crippen LogP contribution in [0.3, 0.4) is 0 Å². The quantitative estimate of drug-likeness (QED) is 0.0810. The van der Waals surface area contributed by atoms with E-state index in [-0.39, 0.29) is 23.3 Å². The molecule has 0 bridgehead atoms. The molecular formula is C50H48Cl2F12SiZr. The number of benzene rings is 4. The summed E-state index contributed by atoms with van der Waals surface area (Å²) < 4.78 is 159. The van der Waals surface area contributed by atoms with Crippen LogP contribution in [0.5, 0.6) is 0 Å². The molecule has 0 aliphatic heterocycles. The molecule has 0 aromatic heterocycles. The second kappa shape index (κ2) is 23.5. The van der Waals surface area contributed by atoms with Crippen LogP contribution < -0.4 is 0 Å². The molecule has 0 spiro atoms. The van der Waals surface area contributed by atoms with E-state index < -0.39 is 67.8 Å². The SMILES string of the molecule is CCC[Si]C.FC(F)(F)c1cc(-c2cccc3[cH-]c(CC4CCCC4)cc23)cc(C(F)(F)F)c1.FC(F)(F)c1cc(-c2cccc3[cH-]c(CC4CCCC4)cc23)cc(C(F)(F)F)c1.[Cl][Zr+2][Cl]. The summed E-state index contributed by atoms with van der Waals surface area (Å²) >= 11 is -0.826. The molecule has 0 amide bonds. The van der Waals surface area contributed by atoms with E-state index in [0.29, 0.717) is 33.7 Å². The van der Waals surface area contributed by atoms with Crippen molar-refractivity contribution in [3.05, 3.63) is 130 Å². The molecule has 2 fully saturated rings. The summed E-state index contributed by atoms with van der Waals surface area (Å²) in [6.45, 7) is 4.46. The molecule has 2 aliphatic rings. The Hall–Kier alpha value is -3.06. The second-order valence-electron chi connectivity index (χ2n) is 16.8. The maximum atomic E-state index is 13.2. The van der Waals surface area contributed by atoms with Crippen LogP contribution in [0.2, 0.25) is 12.6 Å². The first kappa shape index (κ1) is 53.9. The van der Waals surface area contributed by atoms with Gasteiger partial charge in [-0.3, -0.25) is 0 Å². The molecule has 0 saturated heterocycles. The van der Waals surface area contributed by atoms with Crippen molar-refractivity contribution in [2.24, 2.45) is 11.8 Å². The molecule has 16 heteroatoms. The van der Waals surface area contributed by atoms with Gasteiger partial charge < -0.3 is 0 Å². The van der Waals surface area contributed by atoms with Crippen LogP contribution >= 0.6 is 17.0 Å². The van der Waals surface area contributed by atoms with Crippen molar-refractivity contribution in [2.45, 2.75) is 115 Å². The molecule has 0 nitrogen and oxygen atoms in total. The Labute approximate surface area is 398 Å². The average Bonchev–Trinajstić information content (AvgIpc) is 4.09. The van der Waals surface area contributed by atoms with Gasteiger partial charge in [-0.2, -0.15) is 64.8 Å². The summed E-state index contributed by atoms with van der Waals surface area (Å²) in [5.74, 6) is 1.20. The fourth-order valence-electron chi connectivity index (χ4n) is 8.90. The minimum atomic E-state index is -4.86. The molecule has 2 saturated carbocycles. The summed E-state index contributed by atoms with van der Waals surface area (Å²) in [4.78, 5) is 0. The van der Waals surface area contributed by atoms with Gasteiger partial charge in [-0.15, -0.1) is 69.1 Å². The maximum absolute atomic E-state index is 13.2. The number of hydrogen-bond donors (Lipinski definition) is 0. The zero-order valence-corrected chi connectivity index (χ0v) is 41.1. The minimum absolute atomic E-state index is 0.0734. The van der Waals surface area contributed by atoms with Crippen LogP contribution in [-0.4, -0.2) is 9.52 Å². The Morgan fingerprint density at radius 3 is 1.11 bits per heavy atom. The predicted molar refractivity (Wildman–Crippen MR) is 240 cm³/mol. The van der Waals surface area contributed by atoms with Gasteiger partial charge in [0.15, 0.2) is 0 Å². The third kappa shape index (κ3) is 15.0. The Morgan fingerprint density at radius 2 is 0.848 bits per heavy atom. The van der Waals surface area contributed by atoms with E-state index in [1.54, 1.807) is 24.3 Å². The molecule has 2 aliphatic carbocycles. The molecule has 354 valence electrons. The number of fused-ring (bicyclic) bond motifs is 2. The van der Waals surface area contributed by atoms with Crippen molar-refractivity contribution in [3.63, 3.8) is 0 Å². The summed E-state index contributed by atoms with van der Waals surface area (Å²) in [6.07, 6.45) is -6.80. The molecule has 6 aromatic carbocycles. The van der Waals surface area contributed by atoms with Crippen LogP contribution in [0.1, 0.15) is 98.1 Å². The number of halogens is 14. The normalized spacial score (nSPS) is 14.9. The van der Waals surface area contributed by atoms with Gasteiger partial charge in [0.2, 0.25) is 0 Å². The molecular weight excluding hydrogens is 1020 g/mol. The summed E-state index contributed by atoms with van der Waals surface area (Å²) in [7, 11) is 11.0. The van der Waals surface area contributed by atoms with Crippen molar-refractivity contribution in [1.82, 2.24) is 0 Å². The Bertz CT molecular complexity index is 2230. The second-order valence-corrected chi connectivity index (χ2v) is 21.8. The Balaban J connectivity index is 0.000000213. The number of alkyl halides is 12. The van der Waals surface area contributed by atoms with Crippen molar-refractivity contribution < 1.29 is 73.5 Å². The van der Waals surface area contributed by atoms with E-state index in [4.69, 9.17) is 17.0 Å². The average molecular weight is 1070 g/mol. The van der Waals surface area contributed by atoms with Crippen LogP contribution in [0.4, 0.5) is 52.7 Å². The Morgan fingerprint density at radius 1 is 0.530 bits per heavy atom. The Kier molecular flexibility index (Phi) is 19.2. The fraction of sp³-hybridized carbons (Fsp3) is 0.400. The third-order valence-electron chi connectivity index (χ3n) is 11.9. The van der Waals surface area contributed by atoms with Gasteiger partial charge in [-0.05, 0) is 72.2 Å². The van der Waals surface area contributed by atoms with E-state index >= 15 is 0 Å². The predicted octanol–water partition coefficient (Wildman–Crippen LogP) is 18.9. The monoisotopic (exact) mass is 1060 g/mol. The van der Waals surface area contributed by atoms with E-state index in [9.17, 15) is 52.7 Å². The molecule has 0 heterocycles. The van der Waals surface area contributed by atoms with Gasteiger partial charge in [0.1, 0.15) is 0 Å². The molecule has 6 aromatic rings. The molecule has 8 rings (SSSR count). The third-order valence-corrected chi connectivity index (χ3v) is 12.9. The van der Waals surface area contributed by atoms with Crippen molar-refractivity contribution in [3.8, 4) is 22.3 Å². The van der Waals surface area contributed by atoms with Crippen molar-refractivity contribution in [1.29, 1.82) is 0 Å². The number of rotatable bonds is 8. The van der Waals surface area contributed by atoms with Gasteiger partial charge in [-0.1, -0.05) is 101 Å². The summed E-state index contributed by atoms with van der Waals surface area (Å²) in [6, 6.07) is 23.0. The van der Waals surface area contributed by atoms with E-state index in [1.807, 2.05) is 36.4 Å². The van der Waals surface area contributed by atoms with Gasteiger partial charge >= 0.3 is 62.6 Å². The molecule has 0 N–H and O–H groups in total. The molecule has 0 atom stereocenters. The standard InChI is InChI=1S/2C23H19F6.C4H10Si.2ClH.Zr/c2*24-22(25,26)18-11-17(12-19(13-18)23(27,28)29)20-7-3-6-16-9-15(10-21(16)20)8-14-4-1-2-5-14;1-3-4-5-2;;;/h2*3,6-7,9-14H,1-2,4-5,8H2;3-4H2,1-2H3;2*1H;/q2*-1;;;;+4/p-2. The summed E-state index contributed by atoms with van der Waals surface area (Å²) in [5.41, 5.74) is -2.38. The van der Waals surface area contributed by atoms with Crippen molar-refractivity contribution >= 4 is 48.1 Å². The van der Waals surface area contributed by atoms with Gasteiger partial charge in [0, 0.05) is 9.52 Å². The number of hydrogen-bond acceptors (Lipinski definition) is 0. The molecule has 0 unspecified atom stereocenters. The first-order valence-corrected chi connectivity index (χ1v) is 29.7. The van der Waals surface area contributed by atoms with Crippen LogP contribution in [0, 0.1) is 11.8 Å². The molecule has 2 radical (unpaired) electrons. The van der Waals surface area contributed by atoms with Crippen LogP contribution in [0.25, 0.3) is 43.8 Å². The van der Waals surface area contributed by atoms with E-state index in [2.05, 4.69) is 13.5 Å². The first-order valence-electron chi connectivity index (χ1n) is 21.6. The van der Waals surface area contributed by atoms with Gasteiger partial charge in [-0.25, -0.2) is 0 Å². The first-order chi connectivity index (χ1) is 31.0.